The van der Waals surface area contributed by atoms with Crippen molar-refractivity contribution in [3.63, 3.8) is 0 Å². The Hall–Kier alpha value is -2.34. The van der Waals surface area contributed by atoms with Crippen LogP contribution in [0.2, 0.25) is 0 Å². The van der Waals surface area contributed by atoms with Gasteiger partial charge in [0.1, 0.15) is 19.0 Å². The van der Waals surface area contributed by atoms with Crippen LogP contribution in [-0.4, -0.2) is 15.7 Å². The van der Waals surface area contributed by atoms with Crippen LogP contribution < -0.4 is 5.73 Å². The number of nitrogens with two attached hydrogens (primary N) is 1. The molecule has 1 aromatic carbocycles. The van der Waals surface area contributed by atoms with Crippen molar-refractivity contribution in [2.45, 2.75) is 13.2 Å². The number of hydrogen-bond donors (Lipinski definition) is 1. The smallest absolute Gasteiger partial charge is 0.328 e. The molecule has 102 valence electrons. The number of anilines is 1. The number of rotatable bonds is 4. The van der Waals surface area contributed by atoms with Crippen LogP contribution in [0.5, 0.6) is 0 Å². The molecular weight excluding hydrogens is 274 g/mol. The summed E-state index contributed by atoms with van der Waals surface area (Å²) in [7, 11) is 0. The molecule has 3 rings (SSSR count). The average molecular weight is 287 g/mol. The molecule has 0 radical (unpaired) electrons. The number of fused-ring (bicyclic) bond motifs is 1. The van der Waals surface area contributed by atoms with Gasteiger partial charge in [-0.1, -0.05) is 18.2 Å². The molecule has 0 amide bonds. The fourth-order valence-corrected chi connectivity index (χ4v) is 2.89. The molecule has 0 saturated carbocycles. The van der Waals surface area contributed by atoms with Gasteiger partial charge in [-0.15, -0.1) is 11.3 Å². The monoisotopic (exact) mass is 287 g/mol. The Morgan fingerprint density at radius 3 is 3.00 bits per heavy atom. The summed E-state index contributed by atoms with van der Waals surface area (Å²) in [6, 6.07) is 9.70. The molecule has 2 N–H and O–H groups in total. The van der Waals surface area contributed by atoms with E-state index in [0.717, 1.165) is 10.9 Å². The van der Waals surface area contributed by atoms with E-state index >= 15 is 0 Å². The summed E-state index contributed by atoms with van der Waals surface area (Å²) in [5.41, 5.74) is 6.51. The highest BCUT2D eigenvalue weighted by Crippen LogP contribution is 2.26. The number of nitrogen functional groups attached to an aromatic ring is 1. The average Bonchev–Trinajstić information content (AvgIpc) is 3.03. The number of thiophene rings is 1. The molecule has 0 fully saturated rings. The van der Waals surface area contributed by atoms with Crippen molar-refractivity contribution in [2.75, 3.05) is 5.73 Å². The third-order valence-corrected chi connectivity index (χ3v) is 3.91. The summed E-state index contributed by atoms with van der Waals surface area (Å²) in [6.45, 7) is 0.346. The Labute approximate surface area is 119 Å². The van der Waals surface area contributed by atoms with Crippen LogP contribution in [0.25, 0.3) is 10.1 Å². The first-order chi connectivity index (χ1) is 9.72. The van der Waals surface area contributed by atoms with Gasteiger partial charge in [-0.25, -0.2) is 0 Å². The van der Waals surface area contributed by atoms with E-state index in [1.54, 1.807) is 23.6 Å². The van der Waals surface area contributed by atoms with Crippen molar-refractivity contribution in [3.05, 3.63) is 47.5 Å². The van der Waals surface area contributed by atoms with Crippen LogP contribution >= 0.6 is 11.3 Å². The molecule has 0 aliphatic carbocycles. The van der Waals surface area contributed by atoms with Gasteiger partial charge >= 0.3 is 5.97 Å². The number of esters is 1. The summed E-state index contributed by atoms with van der Waals surface area (Å²) in [4.78, 5) is 11.7. The minimum Gasteiger partial charge on any atom is -0.459 e. The molecular formula is C14H13N3O2S. The number of aromatic nitrogens is 2. The maximum absolute atomic E-state index is 11.7. The molecule has 0 spiro atoms. The topological polar surface area (TPSA) is 70.1 Å². The van der Waals surface area contributed by atoms with Crippen molar-refractivity contribution in [1.29, 1.82) is 0 Å². The van der Waals surface area contributed by atoms with Gasteiger partial charge in [0.25, 0.3) is 0 Å². The number of hydrogen-bond acceptors (Lipinski definition) is 5. The number of nitrogens with zero attached hydrogens (tertiary/aromatic N) is 2. The molecule has 3 aromatic rings. The Morgan fingerprint density at radius 2 is 2.20 bits per heavy atom. The largest absolute Gasteiger partial charge is 0.459 e. The summed E-state index contributed by atoms with van der Waals surface area (Å²) in [6.07, 6.45) is 1.65. The quantitative estimate of drug-likeness (QED) is 0.748. The van der Waals surface area contributed by atoms with Crippen LogP contribution in [0.3, 0.4) is 0 Å². The molecule has 0 aliphatic heterocycles. The van der Waals surface area contributed by atoms with E-state index in [2.05, 4.69) is 11.2 Å². The van der Waals surface area contributed by atoms with Gasteiger partial charge in [0, 0.05) is 16.5 Å². The molecule has 0 bridgehead atoms. The molecule has 2 heterocycles. The van der Waals surface area contributed by atoms with E-state index in [1.165, 1.54) is 9.38 Å². The van der Waals surface area contributed by atoms with E-state index in [9.17, 15) is 4.79 Å². The summed E-state index contributed by atoms with van der Waals surface area (Å²) in [5.74, 6) is 0.0602. The van der Waals surface area contributed by atoms with Gasteiger partial charge < -0.3 is 10.5 Å². The van der Waals surface area contributed by atoms with Crippen LogP contribution in [0.4, 0.5) is 5.82 Å². The second-order valence-corrected chi connectivity index (χ2v) is 5.27. The van der Waals surface area contributed by atoms with Crippen LogP contribution in [0.15, 0.2) is 41.9 Å². The molecule has 0 aliphatic rings. The number of carbonyl (C=O) groups is 1. The first-order valence-corrected chi connectivity index (χ1v) is 7.00. The van der Waals surface area contributed by atoms with Crippen molar-refractivity contribution in [3.8, 4) is 0 Å². The van der Waals surface area contributed by atoms with Gasteiger partial charge in [0.05, 0.1) is 0 Å². The fourth-order valence-electron chi connectivity index (χ4n) is 1.95. The van der Waals surface area contributed by atoms with Crippen LogP contribution in [0, 0.1) is 0 Å². The van der Waals surface area contributed by atoms with Gasteiger partial charge in [-0.2, -0.15) is 5.10 Å². The Kier molecular flexibility index (Phi) is 3.39. The zero-order valence-electron chi connectivity index (χ0n) is 10.7. The lowest BCUT2D eigenvalue weighted by Gasteiger charge is -2.04. The van der Waals surface area contributed by atoms with Gasteiger partial charge in [0.2, 0.25) is 0 Å². The fraction of sp³-hybridized carbons (Fsp3) is 0.143. The van der Waals surface area contributed by atoms with Crippen molar-refractivity contribution < 1.29 is 9.53 Å². The van der Waals surface area contributed by atoms with Crippen LogP contribution in [-0.2, 0) is 22.7 Å². The second-order valence-electron chi connectivity index (χ2n) is 4.36. The number of carbonyl (C=O) groups excluding carboxylic acids is 1. The van der Waals surface area contributed by atoms with E-state index in [1.807, 2.05) is 23.6 Å². The third-order valence-electron chi connectivity index (χ3n) is 2.90. The zero-order chi connectivity index (χ0) is 13.9. The standard InChI is InChI=1S/C14H13N3O2S/c15-13-5-6-17(16-13)7-14(18)19-8-10-9-20-12-4-2-1-3-11(10)12/h1-6,9H,7-8H2,(H2,15,16). The van der Waals surface area contributed by atoms with Crippen LogP contribution in [0.1, 0.15) is 5.56 Å². The molecule has 6 heteroatoms. The minimum atomic E-state index is -0.330. The molecule has 0 saturated heterocycles. The summed E-state index contributed by atoms with van der Waals surface area (Å²) < 4.78 is 7.93. The van der Waals surface area contributed by atoms with Gasteiger partial charge in [-0.05, 0) is 22.9 Å². The maximum Gasteiger partial charge on any atom is 0.328 e. The van der Waals surface area contributed by atoms with Gasteiger partial charge in [-0.3, -0.25) is 9.48 Å². The van der Waals surface area contributed by atoms with E-state index in [-0.39, 0.29) is 19.1 Å². The molecule has 5 nitrogen and oxygen atoms in total. The minimum absolute atomic E-state index is 0.0687. The maximum atomic E-state index is 11.7. The van der Waals surface area contributed by atoms with E-state index in [0.29, 0.717) is 5.82 Å². The predicted octanol–water partition coefficient (Wildman–Crippen LogP) is 2.42. The highest BCUT2D eigenvalue weighted by atomic mass is 32.1. The van der Waals surface area contributed by atoms with E-state index in [4.69, 9.17) is 10.5 Å². The molecule has 2 aromatic heterocycles. The zero-order valence-corrected chi connectivity index (χ0v) is 11.5. The second kappa shape index (κ2) is 5.34. The van der Waals surface area contributed by atoms with E-state index < -0.39 is 0 Å². The number of benzene rings is 1. The lowest BCUT2D eigenvalue weighted by atomic mass is 10.2. The highest BCUT2D eigenvalue weighted by Gasteiger charge is 2.08. The lowest BCUT2D eigenvalue weighted by molar-refractivity contribution is -0.145. The Balaban J connectivity index is 1.63. The summed E-state index contributed by atoms with van der Waals surface area (Å²) in [5, 5.41) is 7.09. The Morgan fingerprint density at radius 1 is 1.35 bits per heavy atom. The Bertz CT molecular complexity index is 748. The molecule has 0 unspecified atom stereocenters. The van der Waals surface area contributed by atoms with Crippen molar-refractivity contribution >= 4 is 33.2 Å². The normalized spacial score (nSPS) is 10.8. The first-order valence-electron chi connectivity index (χ1n) is 6.12. The lowest BCUT2D eigenvalue weighted by Crippen LogP contribution is -2.14. The third kappa shape index (κ3) is 2.65. The number of ether oxygens (including phenoxy) is 1. The highest BCUT2D eigenvalue weighted by molar-refractivity contribution is 7.17. The molecule has 20 heavy (non-hydrogen) atoms. The summed E-state index contributed by atoms with van der Waals surface area (Å²) >= 11 is 1.65. The van der Waals surface area contributed by atoms with Crippen molar-refractivity contribution in [2.24, 2.45) is 0 Å². The predicted molar refractivity (Wildman–Crippen MR) is 78.3 cm³/mol. The molecule has 0 atom stereocenters. The first kappa shape index (κ1) is 12.7. The van der Waals surface area contributed by atoms with Gasteiger partial charge in [0.15, 0.2) is 0 Å². The van der Waals surface area contributed by atoms with Crippen molar-refractivity contribution in [1.82, 2.24) is 9.78 Å². The SMILES string of the molecule is Nc1ccn(CC(=O)OCc2csc3ccccc23)n1.